The van der Waals surface area contributed by atoms with E-state index < -0.39 is 0 Å². The van der Waals surface area contributed by atoms with Gasteiger partial charge in [-0.15, -0.1) is 0 Å². The van der Waals surface area contributed by atoms with Crippen molar-refractivity contribution in [3.05, 3.63) is 24.0 Å². The zero-order valence-electron chi connectivity index (χ0n) is 12.2. The molecule has 0 spiro atoms. The van der Waals surface area contributed by atoms with Crippen LogP contribution in [0, 0.1) is 0 Å². The van der Waals surface area contributed by atoms with Crippen molar-refractivity contribution in [2.45, 2.75) is 77.8 Å². The first-order valence-corrected chi connectivity index (χ1v) is 7.69. The van der Waals surface area contributed by atoms with Gasteiger partial charge in [0.1, 0.15) is 0 Å². The molecule has 0 aromatic carbocycles. The zero-order valence-corrected chi connectivity index (χ0v) is 12.2. The largest absolute Gasteiger partial charge is 0.354 e. The predicted molar refractivity (Wildman–Crippen MR) is 79.6 cm³/mol. The lowest BCUT2D eigenvalue weighted by atomic mass is 10.1. The minimum Gasteiger partial charge on any atom is -0.354 e. The molecule has 1 aromatic rings. The SMILES string of the molecule is CCCCCCCCCn1ccc(C(N)CC)c1. The van der Waals surface area contributed by atoms with Crippen LogP contribution in [-0.4, -0.2) is 4.57 Å². The van der Waals surface area contributed by atoms with E-state index in [1.165, 1.54) is 50.5 Å². The van der Waals surface area contributed by atoms with Crippen LogP contribution in [0.15, 0.2) is 18.5 Å². The molecule has 18 heavy (non-hydrogen) atoms. The minimum absolute atomic E-state index is 0.209. The summed E-state index contributed by atoms with van der Waals surface area (Å²) in [6, 6.07) is 2.37. The maximum Gasteiger partial charge on any atom is 0.0307 e. The molecule has 1 rings (SSSR count). The van der Waals surface area contributed by atoms with E-state index in [1.54, 1.807) is 0 Å². The lowest BCUT2D eigenvalue weighted by Crippen LogP contribution is -2.07. The molecular formula is C16H30N2. The Morgan fingerprint density at radius 2 is 1.72 bits per heavy atom. The first-order chi connectivity index (χ1) is 8.77. The van der Waals surface area contributed by atoms with Gasteiger partial charge in [-0.25, -0.2) is 0 Å². The fourth-order valence-corrected chi connectivity index (χ4v) is 2.30. The second-order valence-corrected chi connectivity index (χ2v) is 5.32. The van der Waals surface area contributed by atoms with Gasteiger partial charge in [0, 0.05) is 25.0 Å². The van der Waals surface area contributed by atoms with Crippen molar-refractivity contribution in [2.75, 3.05) is 0 Å². The monoisotopic (exact) mass is 250 g/mol. The number of nitrogens with zero attached hydrogens (tertiary/aromatic N) is 1. The van der Waals surface area contributed by atoms with E-state index >= 15 is 0 Å². The Morgan fingerprint density at radius 1 is 1.06 bits per heavy atom. The normalized spacial score (nSPS) is 12.8. The van der Waals surface area contributed by atoms with E-state index in [0.29, 0.717) is 0 Å². The molecule has 0 radical (unpaired) electrons. The molecule has 0 aliphatic rings. The average Bonchev–Trinajstić information content (AvgIpc) is 2.85. The van der Waals surface area contributed by atoms with Gasteiger partial charge in [-0.3, -0.25) is 0 Å². The van der Waals surface area contributed by atoms with Crippen LogP contribution in [0.3, 0.4) is 0 Å². The summed E-state index contributed by atoms with van der Waals surface area (Å²) in [6.45, 7) is 5.55. The summed E-state index contributed by atoms with van der Waals surface area (Å²) >= 11 is 0. The summed E-state index contributed by atoms with van der Waals surface area (Å²) in [5, 5.41) is 0. The second kappa shape index (κ2) is 9.21. The number of hydrogen-bond donors (Lipinski definition) is 1. The van der Waals surface area contributed by atoms with E-state index in [4.69, 9.17) is 5.73 Å². The molecular weight excluding hydrogens is 220 g/mol. The standard InChI is InChI=1S/C16H30N2/c1-3-5-6-7-8-9-10-12-18-13-11-15(14-18)16(17)4-2/h11,13-14,16H,3-10,12,17H2,1-2H3. The van der Waals surface area contributed by atoms with Crippen LogP contribution < -0.4 is 5.73 Å². The molecule has 2 heteroatoms. The molecule has 0 fully saturated rings. The molecule has 1 heterocycles. The Morgan fingerprint density at radius 3 is 2.39 bits per heavy atom. The maximum absolute atomic E-state index is 6.02. The average molecular weight is 250 g/mol. The van der Waals surface area contributed by atoms with Crippen molar-refractivity contribution in [3.63, 3.8) is 0 Å². The van der Waals surface area contributed by atoms with Crippen LogP contribution in [-0.2, 0) is 6.54 Å². The highest BCUT2D eigenvalue weighted by Crippen LogP contribution is 2.14. The van der Waals surface area contributed by atoms with Crippen LogP contribution in [0.5, 0.6) is 0 Å². The van der Waals surface area contributed by atoms with Crippen LogP contribution in [0.4, 0.5) is 0 Å². The van der Waals surface area contributed by atoms with E-state index in [0.717, 1.165) is 13.0 Å². The predicted octanol–water partition coefficient (Wildman–Crippen LogP) is 4.65. The van der Waals surface area contributed by atoms with Crippen LogP contribution in [0.2, 0.25) is 0 Å². The van der Waals surface area contributed by atoms with Gasteiger partial charge < -0.3 is 10.3 Å². The molecule has 0 aliphatic carbocycles. The quantitative estimate of drug-likeness (QED) is 0.602. The van der Waals surface area contributed by atoms with Gasteiger partial charge in [0.05, 0.1) is 0 Å². The minimum atomic E-state index is 0.209. The summed E-state index contributed by atoms with van der Waals surface area (Å²) in [7, 11) is 0. The molecule has 1 unspecified atom stereocenters. The Bertz CT molecular complexity index is 304. The maximum atomic E-state index is 6.02. The summed E-state index contributed by atoms with van der Waals surface area (Å²) in [4.78, 5) is 0. The van der Waals surface area contributed by atoms with Crippen LogP contribution >= 0.6 is 0 Å². The number of rotatable bonds is 10. The van der Waals surface area contributed by atoms with Gasteiger partial charge in [-0.1, -0.05) is 52.4 Å². The summed E-state index contributed by atoms with van der Waals surface area (Å²) < 4.78 is 2.29. The smallest absolute Gasteiger partial charge is 0.0307 e. The van der Waals surface area contributed by atoms with Gasteiger partial charge in [-0.05, 0) is 24.5 Å². The highest BCUT2D eigenvalue weighted by Gasteiger charge is 2.04. The van der Waals surface area contributed by atoms with Gasteiger partial charge in [0.2, 0.25) is 0 Å². The van der Waals surface area contributed by atoms with Crippen molar-refractivity contribution in [1.82, 2.24) is 4.57 Å². The van der Waals surface area contributed by atoms with Crippen LogP contribution in [0.1, 0.15) is 76.8 Å². The lowest BCUT2D eigenvalue weighted by Gasteiger charge is -2.06. The molecule has 104 valence electrons. The number of nitrogens with two attached hydrogens (primary N) is 1. The van der Waals surface area contributed by atoms with Gasteiger partial charge >= 0.3 is 0 Å². The molecule has 0 amide bonds. The van der Waals surface area contributed by atoms with E-state index in [9.17, 15) is 0 Å². The van der Waals surface area contributed by atoms with Crippen molar-refractivity contribution in [3.8, 4) is 0 Å². The Balaban J connectivity index is 2.10. The molecule has 1 atom stereocenters. The highest BCUT2D eigenvalue weighted by molar-refractivity contribution is 5.14. The fourth-order valence-electron chi connectivity index (χ4n) is 2.30. The third-order valence-corrected chi connectivity index (χ3v) is 3.66. The number of unbranched alkanes of at least 4 members (excludes halogenated alkanes) is 6. The van der Waals surface area contributed by atoms with Crippen LogP contribution in [0.25, 0.3) is 0 Å². The molecule has 0 aliphatic heterocycles. The Labute approximate surface area is 113 Å². The number of aryl methyl sites for hydroxylation is 1. The first kappa shape index (κ1) is 15.3. The number of hydrogen-bond acceptors (Lipinski definition) is 1. The molecule has 0 saturated heterocycles. The highest BCUT2D eigenvalue weighted by atomic mass is 14.9. The molecule has 0 saturated carbocycles. The lowest BCUT2D eigenvalue weighted by molar-refractivity contribution is 0.550. The van der Waals surface area contributed by atoms with Gasteiger partial charge in [0.15, 0.2) is 0 Å². The third kappa shape index (κ3) is 5.72. The fraction of sp³-hybridized carbons (Fsp3) is 0.750. The van der Waals surface area contributed by atoms with Crippen molar-refractivity contribution in [1.29, 1.82) is 0 Å². The molecule has 2 nitrogen and oxygen atoms in total. The second-order valence-electron chi connectivity index (χ2n) is 5.32. The van der Waals surface area contributed by atoms with Crippen molar-refractivity contribution < 1.29 is 0 Å². The molecule has 1 aromatic heterocycles. The summed E-state index contributed by atoms with van der Waals surface area (Å²) in [5.74, 6) is 0. The van der Waals surface area contributed by atoms with E-state index in [1.807, 2.05) is 0 Å². The summed E-state index contributed by atoms with van der Waals surface area (Å²) in [6.07, 6.45) is 15.0. The molecule has 0 bridgehead atoms. The first-order valence-electron chi connectivity index (χ1n) is 7.69. The van der Waals surface area contributed by atoms with E-state index in [-0.39, 0.29) is 6.04 Å². The van der Waals surface area contributed by atoms with Gasteiger partial charge in [0.25, 0.3) is 0 Å². The molecule has 2 N–H and O–H groups in total. The summed E-state index contributed by atoms with van der Waals surface area (Å²) in [5.41, 5.74) is 7.30. The Hall–Kier alpha value is -0.760. The Kier molecular flexibility index (Phi) is 7.83. The van der Waals surface area contributed by atoms with Crippen molar-refractivity contribution in [2.24, 2.45) is 5.73 Å². The van der Waals surface area contributed by atoms with Crippen molar-refractivity contribution >= 4 is 0 Å². The van der Waals surface area contributed by atoms with E-state index in [2.05, 4.69) is 36.9 Å². The topological polar surface area (TPSA) is 30.9 Å². The number of aromatic nitrogens is 1. The zero-order chi connectivity index (χ0) is 13.2. The third-order valence-electron chi connectivity index (χ3n) is 3.66. The van der Waals surface area contributed by atoms with Gasteiger partial charge in [-0.2, -0.15) is 0 Å².